The van der Waals surface area contributed by atoms with Crippen LogP contribution in [-0.4, -0.2) is 48.1 Å². The first-order valence-electron chi connectivity index (χ1n) is 8.01. The first-order valence-corrected chi connectivity index (χ1v) is 8.01. The highest BCUT2D eigenvalue weighted by Gasteiger charge is 2.28. The molecule has 3 N–H and O–H groups in total. The van der Waals surface area contributed by atoms with E-state index in [1.54, 1.807) is 0 Å². The fraction of sp³-hybridized carbons (Fsp3) is 0.278. The van der Waals surface area contributed by atoms with Crippen molar-refractivity contribution in [2.75, 3.05) is 7.11 Å². The molecule has 1 aromatic rings. The van der Waals surface area contributed by atoms with Crippen molar-refractivity contribution in [1.29, 1.82) is 0 Å². The molecule has 0 saturated heterocycles. The number of hydrogen-bond donors (Lipinski definition) is 2. The summed E-state index contributed by atoms with van der Waals surface area (Å²) in [5, 5.41) is 10.3. The smallest absolute Gasteiger partial charge is 0.338 e. The summed E-state index contributed by atoms with van der Waals surface area (Å²) in [6.45, 7) is 2.25. The number of benzene rings is 1. The normalized spacial score (nSPS) is 12.6. The van der Waals surface area contributed by atoms with E-state index in [4.69, 9.17) is 15.2 Å². The molecule has 0 amide bonds. The van der Waals surface area contributed by atoms with Crippen LogP contribution in [0.1, 0.15) is 25.5 Å². The van der Waals surface area contributed by atoms with Gasteiger partial charge in [0.05, 0.1) is 7.11 Å². The fourth-order valence-corrected chi connectivity index (χ4v) is 1.92. The summed E-state index contributed by atoms with van der Waals surface area (Å²) in [6, 6.07) is 1.93. The van der Waals surface area contributed by atoms with Gasteiger partial charge in [0.15, 0.2) is 11.5 Å². The van der Waals surface area contributed by atoms with Crippen LogP contribution >= 0.6 is 0 Å². The average Bonchev–Trinajstić information content (AvgIpc) is 2.65. The third-order valence-electron chi connectivity index (χ3n) is 3.19. The Balaban J connectivity index is 2.96. The average molecular weight is 409 g/mol. The van der Waals surface area contributed by atoms with Crippen LogP contribution in [0.4, 0.5) is 0 Å². The van der Waals surface area contributed by atoms with E-state index in [2.05, 4.69) is 9.47 Å². The summed E-state index contributed by atoms with van der Waals surface area (Å²) in [4.78, 5) is 56.7. The number of esters is 5. The minimum atomic E-state index is -1.70. The number of aliphatic hydroxyl groups is 1. The summed E-state index contributed by atoms with van der Waals surface area (Å²) in [5.74, 6) is -5.01. The van der Waals surface area contributed by atoms with E-state index >= 15 is 0 Å². The highest BCUT2D eigenvalue weighted by atomic mass is 16.6. The molecule has 156 valence electrons. The predicted octanol–water partition coefficient (Wildman–Crippen LogP) is -0.303. The predicted molar refractivity (Wildman–Crippen MR) is 94.3 cm³/mol. The van der Waals surface area contributed by atoms with Gasteiger partial charge in [0.25, 0.3) is 0 Å². The van der Waals surface area contributed by atoms with Crippen LogP contribution in [0, 0.1) is 0 Å². The van der Waals surface area contributed by atoms with Crippen molar-refractivity contribution in [2.24, 2.45) is 5.73 Å². The van der Waals surface area contributed by atoms with Gasteiger partial charge in [-0.1, -0.05) is 6.07 Å². The molecule has 1 rings (SSSR count). The van der Waals surface area contributed by atoms with Gasteiger partial charge in [0, 0.05) is 26.0 Å². The quantitative estimate of drug-likeness (QED) is 0.262. The Morgan fingerprint density at radius 2 is 1.52 bits per heavy atom. The number of nitrogens with two attached hydrogens (primary N) is 1. The number of carbonyl (C=O) groups is 5. The van der Waals surface area contributed by atoms with E-state index in [9.17, 15) is 29.1 Å². The third-order valence-corrected chi connectivity index (χ3v) is 3.19. The summed E-state index contributed by atoms with van der Waals surface area (Å²) >= 11 is 0. The molecule has 2 atom stereocenters. The van der Waals surface area contributed by atoms with Gasteiger partial charge in [-0.05, 0) is 17.7 Å². The molecule has 1 aromatic carbocycles. The molecule has 0 radical (unpaired) electrons. The third kappa shape index (κ3) is 7.52. The molecule has 2 unspecified atom stereocenters. The van der Waals surface area contributed by atoms with E-state index < -0.39 is 42.0 Å². The van der Waals surface area contributed by atoms with Crippen LogP contribution in [-0.2, 0) is 33.4 Å². The van der Waals surface area contributed by atoms with Crippen molar-refractivity contribution in [2.45, 2.75) is 26.0 Å². The van der Waals surface area contributed by atoms with Gasteiger partial charge >= 0.3 is 29.8 Å². The number of aliphatic hydroxyl groups excluding tert-OH is 1. The molecule has 0 aliphatic carbocycles. The number of hydrogen-bond acceptors (Lipinski definition) is 11. The number of carbonyl (C=O) groups excluding carboxylic acids is 5. The zero-order valence-corrected chi connectivity index (χ0v) is 15.7. The maximum atomic E-state index is 11.9. The Hall–Kier alpha value is -3.57. The zero-order chi connectivity index (χ0) is 22.1. The second kappa shape index (κ2) is 10.7. The highest BCUT2D eigenvalue weighted by Crippen LogP contribution is 2.31. The van der Waals surface area contributed by atoms with Crippen molar-refractivity contribution >= 4 is 29.8 Å². The molecule has 0 fully saturated rings. The van der Waals surface area contributed by atoms with Crippen LogP contribution < -0.4 is 15.2 Å². The Labute approximate surface area is 165 Å². The minimum absolute atomic E-state index is 0.0131. The topological polar surface area (TPSA) is 169 Å². The van der Waals surface area contributed by atoms with Crippen LogP contribution in [0.5, 0.6) is 11.5 Å². The Kier molecular flexibility index (Phi) is 8.65. The summed E-state index contributed by atoms with van der Waals surface area (Å²) < 4.78 is 18.5. The number of rotatable bonds is 7. The molecule has 0 spiro atoms. The van der Waals surface area contributed by atoms with Crippen molar-refractivity contribution in [3.05, 3.63) is 35.9 Å². The minimum Gasteiger partial charge on any atom is -0.466 e. The van der Waals surface area contributed by atoms with E-state index in [0.29, 0.717) is 6.08 Å². The molecule has 0 aliphatic heterocycles. The largest absolute Gasteiger partial charge is 0.466 e. The lowest BCUT2D eigenvalue weighted by Crippen LogP contribution is -2.39. The van der Waals surface area contributed by atoms with Crippen molar-refractivity contribution in [1.82, 2.24) is 0 Å². The molecule has 11 heteroatoms. The van der Waals surface area contributed by atoms with Gasteiger partial charge in [0.1, 0.15) is 12.1 Å². The Morgan fingerprint density at radius 1 is 0.966 bits per heavy atom. The highest BCUT2D eigenvalue weighted by molar-refractivity contribution is 5.97. The molecule has 29 heavy (non-hydrogen) atoms. The lowest BCUT2D eigenvalue weighted by atomic mass is 10.0. The van der Waals surface area contributed by atoms with E-state index in [0.717, 1.165) is 33.1 Å². The molecular weight excluding hydrogens is 390 g/mol. The number of ether oxygens (including phenoxy) is 4. The van der Waals surface area contributed by atoms with E-state index in [-0.39, 0.29) is 17.1 Å². The van der Waals surface area contributed by atoms with Crippen LogP contribution in [0.2, 0.25) is 0 Å². The Morgan fingerprint density at radius 3 is 2.07 bits per heavy atom. The first-order chi connectivity index (χ1) is 13.5. The SMILES string of the molecule is COC(=O)/C=C/C(=O)OC(=O)C(N)C(O)c1ccc(OC(C)=O)c(OC(C)=O)c1. The van der Waals surface area contributed by atoms with Gasteiger partial charge < -0.3 is 29.8 Å². The van der Waals surface area contributed by atoms with Crippen LogP contribution in [0.25, 0.3) is 0 Å². The summed E-state index contributed by atoms with van der Waals surface area (Å²) in [7, 11) is 1.09. The maximum Gasteiger partial charge on any atom is 0.338 e. The van der Waals surface area contributed by atoms with Gasteiger partial charge in [-0.25, -0.2) is 14.4 Å². The van der Waals surface area contributed by atoms with Gasteiger partial charge in [0.2, 0.25) is 0 Å². The molecule has 0 bridgehead atoms. The second-order valence-electron chi connectivity index (χ2n) is 5.46. The van der Waals surface area contributed by atoms with Crippen LogP contribution in [0.15, 0.2) is 30.4 Å². The van der Waals surface area contributed by atoms with E-state index in [1.165, 1.54) is 12.1 Å². The van der Waals surface area contributed by atoms with Crippen molar-refractivity contribution in [3.8, 4) is 11.5 Å². The van der Waals surface area contributed by atoms with Gasteiger partial charge in [-0.2, -0.15) is 0 Å². The second-order valence-corrected chi connectivity index (χ2v) is 5.46. The summed E-state index contributed by atoms with van der Waals surface area (Å²) in [6.07, 6.45) is -0.285. The molecular formula is C18H19NO10. The van der Waals surface area contributed by atoms with E-state index in [1.807, 2.05) is 0 Å². The lowest BCUT2D eigenvalue weighted by molar-refractivity contribution is -0.159. The molecule has 11 nitrogen and oxygen atoms in total. The maximum absolute atomic E-state index is 11.9. The molecule has 0 aliphatic rings. The molecule has 0 heterocycles. The molecule has 0 saturated carbocycles. The zero-order valence-electron chi connectivity index (χ0n) is 15.7. The standard InChI is InChI=1S/C18H19NO10/c1-9(20)27-12-5-4-11(8-13(12)28-10(2)21)17(24)16(19)18(25)29-15(23)7-6-14(22)26-3/h4-8,16-17,24H,19H2,1-3H3/b7-6+. The van der Waals surface area contributed by atoms with Crippen LogP contribution in [0.3, 0.4) is 0 Å². The molecule has 0 aromatic heterocycles. The lowest BCUT2D eigenvalue weighted by Gasteiger charge is -2.18. The van der Waals surface area contributed by atoms with Crippen molar-refractivity contribution in [3.63, 3.8) is 0 Å². The number of methoxy groups -OCH3 is 1. The van der Waals surface area contributed by atoms with Crippen molar-refractivity contribution < 1.29 is 48.0 Å². The first kappa shape index (κ1) is 23.5. The Bertz CT molecular complexity index is 845. The summed E-state index contributed by atoms with van der Waals surface area (Å²) in [5.41, 5.74) is 5.62. The monoisotopic (exact) mass is 409 g/mol. The fourth-order valence-electron chi connectivity index (χ4n) is 1.92. The van der Waals surface area contributed by atoms with Gasteiger partial charge in [-0.15, -0.1) is 0 Å². The van der Waals surface area contributed by atoms with Gasteiger partial charge in [-0.3, -0.25) is 9.59 Å².